The van der Waals surface area contributed by atoms with E-state index in [1.807, 2.05) is 24.3 Å². The summed E-state index contributed by atoms with van der Waals surface area (Å²) in [5.74, 6) is 0. The first-order valence-electron chi connectivity index (χ1n) is 7.48. The molecule has 1 aromatic carbocycles. The minimum absolute atomic E-state index is 0.537. The number of hydrogen-bond acceptors (Lipinski definition) is 3. The Morgan fingerprint density at radius 2 is 2.23 bits per heavy atom. The van der Waals surface area contributed by atoms with Gasteiger partial charge in [0.25, 0.3) is 0 Å². The molecule has 0 aromatic heterocycles. The van der Waals surface area contributed by atoms with E-state index in [0.717, 1.165) is 51.4 Å². The molecule has 0 spiro atoms. The highest BCUT2D eigenvalue weighted by Gasteiger charge is 2.12. The van der Waals surface area contributed by atoms with Crippen LogP contribution in [0.15, 0.2) is 29.4 Å². The third-order valence-corrected chi connectivity index (χ3v) is 3.89. The molecule has 1 aliphatic heterocycles. The summed E-state index contributed by atoms with van der Waals surface area (Å²) in [5, 5.41) is 8.48. The van der Waals surface area contributed by atoms with Crippen LogP contribution in [-0.4, -0.2) is 50.7 Å². The van der Waals surface area contributed by atoms with Gasteiger partial charge >= 0.3 is 0 Å². The Hall–Kier alpha value is -1.21. The van der Waals surface area contributed by atoms with Crippen molar-refractivity contribution in [3.8, 4) is 0 Å². The largest absolute Gasteiger partial charge is 0.370 e. The van der Waals surface area contributed by atoms with Crippen LogP contribution in [0.5, 0.6) is 0 Å². The quantitative estimate of drug-likeness (QED) is 0.304. The molecule has 0 atom stereocenters. The Bertz CT molecular complexity index is 506. The molecule has 0 saturated carbocycles. The monoisotopic (exact) mass is 341 g/mol. The Morgan fingerprint density at radius 3 is 3.00 bits per heavy atom. The average molecular weight is 342 g/mol. The molecule has 5 nitrogen and oxygen atoms in total. The number of rotatable bonds is 6. The zero-order valence-electron chi connectivity index (χ0n) is 12.5. The second-order valence-corrected chi connectivity index (χ2v) is 5.99. The molecule has 22 heavy (non-hydrogen) atoms. The lowest BCUT2D eigenvalue weighted by Gasteiger charge is -2.23. The number of thiocarbonyl (C=S) groups is 1. The van der Waals surface area contributed by atoms with Gasteiger partial charge in [-0.15, -0.1) is 0 Å². The van der Waals surface area contributed by atoms with Gasteiger partial charge in [0.1, 0.15) is 13.1 Å². The van der Waals surface area contributed by atoms with E-state index in [9.17, 15) is 0 Å². The molecular weight excluding hydrogens is 320 g/mol. The maximum absolute atomic E-state index is 5.90. The minimum atomic E-state index is 0.537. The van der Waals surface area contributed by atoms with E-state index < -0.39 is 0 Å². The first-order chi connectivity index (χ1) is 10.7. The van der Waals surface area contributed by atoms with Crippen molar-refractivity contribution in [2.24, 2.45) is 5.10 Å². The molecule has 120 valence electrons. The predicted molar refractivity (Wildman–Crippen MR) is 93.8 cm³/mol. The summed E-state index contributed by atoms with van der Waals surface area (Å²) in [4.78, 5) is 1.60. The van der Waals surface area contributed by atoms with Crippen molar-refractivity contribution in [3.63, 3.8) is 0 Å². The summed E-state index contributed by atoms with van der Waals surface area (Å²) in [7, 11) is 0. The fraction of sp³-hybridized carbons (Fsp3) is 0.467. The molecule has 1 aliphatic rings. The third kappa shape index (κ3) is 6.70. The summed E-state index contributed by atoms with van der Waals surface area (Å²) >= 11 is 11.1. The molecular formula is C15H22ClN4OS+. The lowest BCUT2D eigenvalue weighted by atomic mass is 10.2. The summed E-state index contributed by atoms with van der Waals surface area (Å²) in [6, 6.07) is 7.48. The highest BCUT2D eigenvalue weighted by Crippen LogP contribution is 2.08. The van der Waals surface area contributed by atoms with Gasteiger partial charge < -0.3 is 15.0 Å². The van der Waals surface area contributed by atoms with E-state index in [1.165, 1.54) is 0 Å². The Balaban J connectivity index is 1.57. The number of hydrazone groups is 1. The maximum Gasteiger partial charge on any atom is 0.186 e. The molecule has 0 radical (unpaired) electrons. The summed E-state index contributed by atoms with van der Waals surface area (Å²) in [5.41, 5.74) is 3.74. The topological polar surface area (TPSA) is 50.1 Å². The molecule has 1 saturated heterocycles. The van der Waals surface area contributed by atoms with Gasteiger partial charge in [-0.2, -0.15) is 5.10 Å². The van der Waals surface area contributed by atoms with Gasteiger partial charge in [-0.1, -0.05) is 23.7 Å². The maximum atomic E-state index is 5.90. The standard InChI is InChI=1S/C15H21ClN4OS/c16-14-4-1-3-13(11-14)12-18-19-15(22)17-5-2-6-20-7-9-21-10-8-20/h1,3-4,11-12H,2,5-10H2,(H2,17,19,22)/p+1/b18-12-. The van der Waals surface area contributed by atoms with Gasteiger partial charge in [0.15, 0.2) is 5.11 Å². The molecule has 7 heteroatoms. The van der Waals surface area contributed by atoms with Crippen molar-refractivity contribution in [2.45, 2.75) is 6.42 Å². The fourth-order valence-electron chi connectivity index (χ4n) is 2.24. The van der Waals surface area contributed by atoms with Crippen LogP contribution < -0.4 is 15.6 Å². The first-order valence-corrected chi connectivity index (χ1v) is 8.26. The molecule has 0 bridgehead atoms. The first kappa shape index (κ1) is 17.1. The highest BCUT2D eigenvalue weighted by atomic mass is 35.5. The molecule has 1 heterocycles. The zero-order valence-corrected chi connectivity index (χ0v) is 14.1. The number of hydrogen-bond donors (Lipinski definition) is 3. The molecule has 0 unspecified atom stereocenters. The van der Waals surface area contributed by atoms with Crippen LogP contribution in [0.25, 0.3) is 0 Å². The van der Waals surface area contributed by atoms with Crippen LogP contribution in [0.4, 0.5) is 0 Å². The van der Waals surface area contributed by atoms with E-state index in [1.54, 1.807) is 11.1 Å². The van der Waals surface area contributed by atoms with E-state index >= 15 is 0 Å². The number of nitrogens with zero attached hydrogens (tertiary/aromatic N) is 1. The zero-order chi connectivity index (χ0) is 15.6. The number of morpholine rings is 1. The van der Waals surface area contributed by atoms with Crippen molar-refractivity contribution in [3.05, 3.63) is 34.9 Å². The Morgan fingerprint density at radius 1 is 1.41 bits per heavy atom. The molecule has 1 aromatic rings. The molecule has 2 rings (SSSR count). The van der Waals surface area contributed by atoms with E-state index in [4.69, 9.17) is 28.6 Å². The van der Waals surface area contributed by atoms with Gasteiger partial charge in [0.05, 0.1) is 26.0 Å². The van der Waals surface area contributed by atoms with E-state index in [0.29, 0.717) is 10.1 Å². The number of halogens is 1. The SMILES string of the molecule is S=C(NCCC[NH+]1CCOCC1)N/N=C\c1cccc(Cl)c1. The summed E-state index contributed by atoms with van der Waals surface area (Å²) in [6.07, 6.45) is 2.77. The van der Waals surface area contributed by atoms with Crippen LogP contribution in [0, 0.1) is 0 Å². The van der Waals surface area contributed by atoms with Gasteiger partial charge in [0.2, 0.25) is 0 Å². The van der Waals surface area contributed by atoms with Crippen LogP contribution in [0.1, 0.15) is 12.0 Å². The second kappa shape index (κ2) is 9.74. The van der Waals surface area contributed by atoms with Crippen molar-refractivity contribution in [1.82, 2.24) is 10.7 Å². The number of ether oxygens (including phenoxy) is 1. The van der Waals surface area contributed by atoms with Gasteiger partial charge in [-0.25, -0.2) is 0 Å². The van der Waals surface area contributed by atoms with Crippen molar-refractivity contribution >= 4 is 35.1 Å². The Kier molecular flexibility index (Phi) is 7.59. The summed E-state index contributed by atoms with van der Waals surface area (Å²) in [6.45, 7) is 5.95. The second-order valence-electron chi connectivity index (χ2n) is 5.15. The van der Waals surface area contributed by atoms with Crippen LogP contribution in [-0.2, 0) is 4.74 Å². The summed E-state index contributed by atoms with van der Waals surface area (Å²) < 4.78 is 5.34. The van der Waals surface area contributed by atoms with E-state index in [-0.39, 0.29) is 0 Å². The normalized spacial score (nSPS) is 15.9. The van der Waals surface area contributed by atoms with Crippen LogP contribution in [0.3, 0.4) is 0 Å². The fourth-order valence-corrected chi connectivity index (χ4v) is 2.60. The lowest BCUT2D eigenvalue weighted by molar-refractivity contribution is -0.908. The van der Waals surface area contributed by atoms with Crippen molar-refractivity contribution in [1.29, 1.82) is 0 Å². The molecule has 3 N–H and O–H groups in total. The van der Waals surface area contributed by atoms with E-state index in [2.05, 4.69) is 15.8 Å². The average Bonchev–Trinajstić information content (AvgIpc) is 2.53. The number of benzene rings is 1. The number of quaternary nitrogens is 1. The predicted octanol–water partition coefficient (Wildman–Crippen LogP) is 0.443. The number of nitrogens with one attached hydrogen (secondary N) is 3. The smallest absolute Gasteiger partial charge is 0.186 e. The third-order valence-electron chi connectivity index (χ3n) is 3.42. The van der Waals surface area contributed by atoms with Gasteiger partial charge in [-0.3, -0.25) is 5.43 Å². The molecule has 1 fully saturated rings. The highest BCUT2D eigenvalue weighted by molar-refractivity contribution is 7.80. The van der Waals surface area contributed by atoms with Crippen LogP contribution >= 0.6 is 23.8 Å². The lowest BCUT2D eigenvalue weighted by Crippen LogP contribution is -3.14. The Labute approximate surface area is 141 Å². The van der Waals surface area contributed by atoms with Crippen LogP contribution in [0.2, 0.25) is 5.02 Å². The van der Waals surface area contributed by atoms with Gasteiger partial charge in [-0.05, 0) is 29.9 Å². The molecule has 0 amide bonds. The molecule has 0 aliphatic carbocycles. The van der Waals surface area contributed by atoms with Crippen molar-refractivity contribution < 1.29 is 9.64 Å². The van der Waals surface area contributed by atoms with Gasteiger partial charge in [0, 0.05) is 18.0 Å². The van der Waals surface area contributed by atoms with Crippen molar-refractivity contribution in [2.75, 3.05) is 39.4 Å². The minimum Gasteiger partial charge on any atom is -0.370 e.